The molecule has 2 rings (SSSR count). The first-order valence-electron chi connectivity index (χ1n) is 6.66. The summed E-state index contributed by atoms with van der Waals surface area (Å²) in [7, 11) is 0. The van der Waals surface area contributed by atoms with Gasteiger partial charge in [-0.25, -0.2) is 8.78 Å². The van der Waals surface area contributed by atoms with Gasteiger partial charge < -0.3 is 16.3 Å². The van der Waals surface area contributed by atoms with E-state index in [2.05, 4.69) is 12.6 Å². The quantitative estimate of drug-likeness (QED) is 0.182. The van der Waals surface area contributed by atoms with Crippen molar-refractivity contribution in [2.45, 2.75) is 38.0 Å². The number of amidine groups is 1. The molecule has 0 radical (unpaired) electrons. The molecule has 2 fully saturated rings. The summed E-state index contributed by atoms with van der Waals surface area (Å²) in [4.78, 5) is 10.2. The van der Waals surface area contributed by atoms with Crippen LogP contribution in [0.15, 0.2) is 0 Å². The average molecular weight is 472 g/mol. The predicted octanol–water partition coefficient (Wildman–Crippen LogP) is -0.221. The summed E-state index contributed by atoms with van der Waals surface area (Å²) in [6, 6.07) is 1.96. The molecule has 4 unspecified atom stereocenters. The van der Waals surface area contributed by atoms with Crippen LogP contribution in [-0.2, 0) is 4.79 Å². The third kappa shape index (κ3) is 9.26. The van der Waals surface area contributed by atoms with Crippen molar-refractivity contribution in [3.05, 3.63) is 0 Å². The summed E-state index contributed by atoms with van der Waals surface area (Å²) in [5, 5.41) is 23.7. The van der Waals surface area contributed by atoms with Crippen molar-refractivity contribution in [1.82, 2.24) is 0 Å². The molecule has 2 saturated carbocycles. The number of thioether (sulfide) groups is 1. The van der Waals surface area contributed by atoms with Gasteiger partial charge in [0.2, 0.25) is 0 Å². The van der Waals surface area contributed by atoms with Crippen molar-refractivity contribution in [2.24, 2.45) is 16.6 Å². The van der Waals surface area contributed by atoms with E-state index < -0.39 is 29.1 Å². The number of aliphatic carboxylic acids is 1. The number of nitrogens with one attached hydrogen (secondary N) is 1. The maximum Gasteiger partial charge on any atom is 1.00 e. The molecule has 0 aliphatic heterocycles. The number of carbonyl (C=O) groups is 1. The smallest absolute Gasteiger partial charge is 0.870 e. The van der Waals surface area contributed by atoms with Gasteiger partial charge in [-0.05, 0) is 18.6 Å². The Morgan fingerprint density at radius 2 is 1.84 bits per heavy atom. The number of nitrogens with two attached hydrogens (primary N) is 1. The van der Waals surface area contributed by atoms with Gasteiger partial charge in [0.1, 0.15) is 12.3 Å². The van der Waals surface area contributed by atoms with E-state index in [0.29, 0.717) is 24.3 Å². The number of thiol groups is 1. The van der Waals surface area contributed by atoms with Crippen LogP contribution in [0.25, 0.3) is 0 Å². The van der Waals surface area contributed by atoms with Crippen LogP contribution in [-0.4, -0.2) is 45.6 Å². The molecule has 25 heavy (non-hydrogen) atoms. The Labute approximate surface area is 188 Å². The normalized spacial score (nSPS) is 30.6. The number of rotatable bonds is 6. The Kier molecular flexibility index (Phi) is 15.4. The summed E-state index contributed by atoms with van der Waals surface area (Å²) < 4.78 is 25.3. The van der Waals surface area contributed by atoms with E-state index in [4.69, 9.17) is 21.5 Å². The number of nitriles is 1. The summed E-state index contributed by atoms with van der Waals surface area (Å²) >= 11 is 5.01. The van der Waals surface area contributed by atoms with Crippen LogP contribution in [0.2, 0.25) is 0 Å². The van der Waals surface area contributed by atoms with Gasteiger partial charge in [0.15, 0.2) is 5.17 Å². The van der Waals surface area contributed by atoms with Crippen molar-refractivity contribution in [3.63, 3.8) is 0 Å². The Bertz CT molecular complexity index is 500. The van der Waals surface area contributed by atoms with Crippen LogP contribution < -0.4 is 35.3 Å². The molecule has 0 bridgehead atoms. The second-order valence-corrected chi connectivity index (χ2v) is 7.12. The third-order valence-corrected chi connectivity index (χ3v) is 5.60. The van der Waals surface area contributed by atoms with Gasteiger partial charge in [-0.15, -0.1) is 17.0 Å². The summed E-state index contributed by atoms with van der Waals surface area (Å²) in [5.74, 6) is -0.147. The maximum absolute atomic E-state index is 12.8. The van der Waals surface area contributed by atoms with Crippen molar-refractivity contribution < 1.29 is 53.7 Å². The van der Waals surface area contributed by atoms with E-state index in [0.717, 1.165) is 11.8 Å². The van der Waals surface area contributed by atoms with Crippen LogP contribution in [0.1, 0.15) is 25.7 Å². The molecule has 4 atom stereocenters. The van der Waals surface area contributed by atoms with Crippen LogP contribution in [0.5, 0.6) is 0 Å². The van der Waals surface area contributed by atoms with Gasteiger partial charge in [-0.2, -0.15) is 17.9 Å². The first-order chi connectivity index (χ1) is 10.2. The predicted molar refractivity (Wildman–Crippen MR) is 96.9 cm³/mol. The molecule has 0 aromatic heterocycles. The van der Waals surface area contributed by atoms with Gasteiger partial charge in [0.05, 0.1) is 12.5 Å². The Hall–Kier alpha value is 0.430. The standard InChI is InChI=1S/C7H10FN3S.C6H9FO2S.BrH.Na.H2O/c8-5-3-7(5,1-2-9)4-12-6(10)11;7-4-1-6(4,3-10)2-5(8)9;;;/h5H,1,3-4H2,(H3,10,11);4,10H,1-3H2,(H,8,9);1H;;1H2/q;;;+1;/p-1. The first kappa shape index (κ1) is 30.2. The van der Waals surface area contributed by atoms with E-state index in [-0.39, 0.29) is 70.0 Å². The maximum atomic E-state index is 12.8. The first-order valence-corrected chi connectivity index (χ1v) is 8.28. The molecule has 2 aliphatic carbocycles. The zero-order valence-electron chi connectivity index (χ0n) is 13.7. The van der Waals surface area contributed by atoms with Crippen LogP contribution in [0.4, 0.5) is 8.78 Å². The van der Waals surface area contributed by atoms with Crippen molar-refractivity contribution in [2.75, 3.05) is 11.5 Å². The number of halogens is 3. The fraction of sp³-hybridized carbons (Fsp3) is 0.769. The third-order valence-electron chi connectivity index (χ3n) is 3.94. The number of carboxylic acid groups (broad SMARTS) is 1. The minimum absolute atomic E-state index is 0. The summed E-state index contributed by atoms with van der Waals surface area (Å²) in [6.07, 6.45) is -0.861. The van der Waals surface area contributed by atoms with E-state index >= 15 is 0 Å². The molecule has 0 aromatic rings. The van der Waals surface area contributed by atoms with Gasteiger partial charge >= 0.3 is 35.5 Å². The van der Waals surface area contributed by atoms with Gasteiger partial charge in [0.25, 0.3) is 0 Å². The molecular weight excluding hydrogens is 451 g/mol. The second kappa shape index (κ2) is 12.8. The Morgan fingerprint density at radius 1 is 1.40 bits per heavy atom. The van der Waals surface area contributed by atoms with Crippen molar-refractivity contribution >= 4 is 52.5 Å². The zero-order valence-corrected chi connectivity index (χ0v) is 19.2. The second-order valence-electron chi connectivity index (χ2n) is 5.78. The van der Waals surface area contributed by atoms with Crippen molar-refractivity contribution in [1.29, 1.82) is 10.7 Å². The number of carboxylic acids is 1. The Morgan fingerprint density at radius 3 is 2.04 bits per heavy atom. The molecule has 0 spiro atoms. The molecule has 0 saturated heterocycles. The summed E-state index contributed by atoms with van der Waals surface area (Å²) in [6.45, 7) is 0. The monoisotopic (exact) mass is 471 g/mol. The van der Waals surface area contributed by atoms with E-state index in [1.54, 1.807) is 0 Å². The molecule has 12 heteroatoms. The fourth-order valence-corrected chi connectivity index (χ4v) is 3.34. The molecule has 0 aromatic carbocycles. The largest absolute Gasteiger partial charge is 1.00 e. The fourth-order valence-electron chi connectivity index (χ4n) is 2.06. The number of nitrogens with zero attached hydrogens (tertiary/aromatic N) is 1. The Balaban J connectivity index is -0.000000350. The van der Waals surface area contributed by atoms with E-state index in [1.165, 1.54) is 0 Å². The van der Waals surface area contributed by atoms with Gasteiger partial charge in [0, 0.05) is 23.0 Å². The van der Waals surface area contributed by atoms with Crippen LogP contribution >= 0.6 is 41.4 Å². The van der Waals surface area contributed by atoms with Crippen molar-refractivity contribution in [3.8, 4) is 6.07 Å². The number of hydrogen-bond donors (Lipinski definition) is 4. The van der Waals surface area contributed by atoms with E-state index in [1.807, 2.05) is 6.07 Å². The molecule has 0 heterocycles. The van der Waals surface area contributed by atoms with E-state index in [9.17, 15) is 13.6 Å². The molecule has 5 N–H and O–H groups in total. The zero-order chi connectivity index (χ0) is 17.0. The van der Waals surface area contributed by atoms with Crippen LogP contribution in [0.3, 0.4) is 0 Å². The molecule has 0 amide bonds. The van der Waals surface area contributed by atoms with Gasteiger partial charge in [-0.3, -0.25) is 10.2 Å². The SMILES string of the molecule is Br.N#CCC1(CSC(=N)N)CC1F.O=C(O)CC1(CS)CC1F.[Na+].[OH-]. The molecule has 6 nitrogen and oxygen atoms in total. The van der Waals surface area contributed by atoms with Gasteiger partial charge in [-0.1, -0.05) is 11.8 Å². The molecule has 140 valence electrons. The number of alkyl halides is 2. The molecular formula is C13H21BrF2N3NaO3S2. The minimum atomic E-state index is -0.943. The average Bonchev–Trinajstić information content (AvgIpc) is 3.26. The molecule has 2 aliphatic rings. The minimum Gasteiger partial charge on any atom is -0.870 e. The number of hydrogen-bond acceptors (Lipinski definition) is 6. The summed E-state index contributed by atoms with van der Waals surface area (Å²) in [5.41, 5.74) is 3.98. The van der Waals surface area contributed by atoms with Crippen LogP contribution in [0, 0.1) is 27.6 Å². The topological polar surface area (TPSA) is 141 Å².